The van der Waals surface area contributed by atoms with Gasteiger partial charge in [-0.25, -0.2) is 8.42 Å². The number of carbonyl (C=O) groups is 1. The van der Waals surface area contributed by atoms with Crippen molar-refractivity contribution in [2.24, 2.45) is 0 Å². The van der Waals surface area contributed by atoms with Crippen LogP contribution in [0.15, 0.2) is 29.2 Å². The normalized spacial score (nSPS) is 11.6. The maximum absolute atomic E-state index is 12.3. The zero-order valence-electron chi connectivity index (χ0n) is 11.5. The smallest absolute Gasteiger partial charge is 0.341 e. The van der Waals surface area contributed by atoms with E-state index in [4.69, 9.17) is 4.74 Å². The fourth-order valence-corrected chi connectivity index (χ4v) is 2.24. The Morgan fingerprint density at radius 2 is 1.90 bits per heavy atom. The first kappa shape index (κ1) is 17.5. The van der Waals surface area contributed by atoms with Crippen molar-refractivity contribution in [3.8, 4) is 0 Å². The summed E-state index contributed by atoms with van der Waals surface area (Å²) >= 11 is 0. The van der Waals surface area contributed by atoms with E-state index in [1.165, 1.54) is 12.1 Å². The third-order valence-corrected chi connectivity index (χ3v) is 4.03. The first-order chi connectivity index (χ1) is 9.89. The Labute approximate surface area is 122 Å². The van der Waals surface area contributed by atoms with Gasteiger partial charge >= 0.3 is 5.76 Å². The molecule has 1 N–H and O–H groups in total. The lowest BCUT2D eigenvalue weighted by molar-refractivity contribution is 0.0944. The van der Waals surface area contributed by atoms with Crippen molar-refractivity contribution in [3.63, 3.8) is 0 Å². The van der Waals surface area contributed by atoms with Crippen LogP contribution in [0.2, 0.25) is 0 Å². The van der Waals surface area contributed by atoms with E-state index in [0.717, 1.165) is 12.1 Å². The number of hydrogen-bond donors (Lipinski definition) is 1. The van der Waals surface area contributed by atoms with Crippen molar-refractivity contribution < 1.29 is 26.7 Å². The average Bonchev–Trinajstić information content (AvgIpc) is 2.46. The van der Waals surface area contributed by atoms with Crippen LogP contribution in [-0.4, -0.2) is 39.8 Å². The Balaban J connectivity index is 2.60. The quantitative estimate of drug-likeness (QED) is 0.742. The Morgan fingerprint density at radius 3 is 2.43 bits per heavy atom. The molecule has 0 aromatic heterocycles. The van der Waals surface area contributed by atoms with Crippen LogP contribution in [0.4, 0.5) is 8.78 Å². The van der Waals surface area contributed by atoms with Gasteiger partial charge in [-0.05, 0) is 37.6 Å². The fraction of sp³-hybridized carbons (Fsp3) is 0.462. The molecule has 0 unspecified atom stereocenters. The van der Waals surface area contributed by atoms with E-state index < -0.39 is 26.4 Å². The van der Waals surface area contributed by atoms with Crippen LogP contribution < -0.4 is 5.32 Å². The van der Waals surface area contributed by atoms with Gasteiger partial charge in [-0.1, -0.05) is 0 Å². The van der Waals surface area contributed by atoms with Gasteiger partial charge in [0.1, 0.15) is 0 Å². The zero-order valence-corrected chi connectivity index (χ0v) is 12.3. The molecule has 1 rings (SSSR count). The molecule has 0 aliphatic rings. The van der Waals surface area contributed by atoms with Crippen LogP contribution in [0, 0.1) is 0 Å². The molecule has 0 saturated carbocycles. The molecule has 0 bridgehead atoms. The molecule has 0 heterocycles. The van der Waals surface area contributed by atoms with Crippen molar-refractivity contribution in [1.29, 1.82) is 0 Å². The Kier molecular flexibility index (Phi) is 6.70. The van der Waals surface area contributed by atoms with Gasteiger partial charge in [0.15, 0.2) is 0 Å². The maximum atomic E-state index is 12.3. The van der Waals surface area contributed by atoms with Crippen LogP contribution in [0.3, 0.4) is 0 Å². The molecule has 1 amide bonds. The van der Waals surface area contributed by atoms with E-state index in [9.17, 15) is 22.0 Å². The summed E-state index contributed by atoms with van der Waals surface area (Å²) in [6, 6.07) is 4.40. The Hall–Kier alpha value is -1.54. The number of carbonyl (C=O) groups excluding carboxylic acids is 1. The standard InChI is InChI=1S/C13H17F2NO4S/c1-2-20-9-3-8-16-12(17)10-4-6-11(7-5-10)21(18,19)13(14)15/h4-7,13H,2-3,8-9H2,1H3,(H,16,17). The van der Waals surface area contributed by atoms with E-state index in [1.54, 1.807) is 0 Å². The highest BCUT2D eigenvalue weighted by Gasteiger charge is 2.26. The van der Waals surface area contributed by atoms with Crippen LogP contribution >= 0.6 is 0 Å². The maximum Gasteiger partial charge on any atom is 0.341 e. The lowest BCUT2D eigenvalue weighted by Gasteiger charge is -2.07. The molecule has 0 aliphatic carbocycles. The highest BCUT2D eigenvalue weighted by molar-refractivity contribution is 7.91. The van der Waals surface area contributed by atoms with E-state index >= 15 is 0 Å². The summed E-state index contributed by atoms with van der Waals surface area (Å²) in [6.45, 7) is 3.42. The minimum Gasteiger partial charge on any atom is -0.382 e. The molecule has 8 heteroatoms. The molecule has 0 fully saturated rings. The van der Waals surface area contributed by atoms with Crippen molar-refractivity contribution >= 4 is 15.7 Å². The molecular formula is C13H17F2NO4S. The first-order valence-electron chi connectivity index (χ1n) is 6.37. The largest absolute Gasteiger partial charge is 0.382 e. The SMILES string of the molecule is CCOCCCNC(=O)c1ccc(S(=O)(=O)C(F)F)cc1. The van der Waals surface area contributed by atoms with E-state index in [-0.39, 0.29) is 5.56 Å². The molecule has 1 aromatic carbocycles. The van der Waals surface area contributed by atoms with Crippen molar-refractivity contribution in [1.82, 2.24) is 5.32 Å². The molecule has 0 atom stereocenters. The number of alkyl halides is 2. The number of hydrogen-bond acceptors (Lipinski definition) is 4. The molecular weight excluding hydrogens is 304 g/mol. The second-order valence-electron chi connectivity index (χ2n) is 4.14. The molecule has 21 heavy (non-hydrogen) atoms. The number of benzene rings is 1. The summed E-state index contributed by atoms with van der Waals surface area (Å²) in [5.41, 5.74) is 0.208. The van der Waals surface area contributed by atoms with Gasteiger partial charge in [0.2, 0.25) is 9.84 Å². The lowest BCUT2D eigenvalue weighted by Crippen LogP contribution is -2.25. The van der Waals surface area contributed by atoms with E-state index in [1.807, 2.05) is 6.92 Å². The summed E-state index contributed by atoms with van der Waals surface area (Å²) in [6.07, 6.45) is 0.650. The molecule has 0 saturated heterocycles. The molecule has 118 valence electrons. The summed E-state index contributed by atoms with van der Waals surface area (Å²) in [5.74, 6) is -3.87. The Bertz CT molecular complexity index is 558. The van der Waals surface area contributed by atoms with E-state index in [2.05, 4.69) is 5.32 Å². The average molecular weight is 321 g/mol. The second kappa shape index (κ2) is 8.04. The van der Waals surface area contributed by atoms with Gasteiger partial charge in [-0.3, -0.25) is 4.79 Å². The van der Waals surface area contributed by atoms with Gasteiger partial charge in [-0.2, -0.15) is 8.78 Å². The summed E-state index contributed by atoms with van der Waals surface area (Å²) < 4.78 is 52.2. The predicted octanol–water partition coefficient (Wildman–Crippen LogP) is 1.84. The highest BCUT2D eigenvalue weighted by Crippen LogP contribution is 2.18. The Morgan fingerprint density at radius 1 is 1.29 bits per heavy atom. The van der Waals surface area contributed by atoms with Crippen LogP contribution in [-0.2, 0) is 14.6 Å². The molecule has 0 spiro atoms. The monoisotopic (exact) mass is 321 g/mol. The van der Waals surface area contributed by atoms with Crippen molar-refractivity contribution in [3.05, 3.63) is 29.8 Å². The third kappa shape index (κ3) is 5.05. The van der Waals surface area contributed by atoms with Crippen LogP contribution in [0.1, 0.15) is 23.7 Å². The number of nitrogens with one attached hydrogen (secondary N) is 1. The summed E-state index contributed by atoms with van der Waals surface area (Å²) in [7, 11) is -4.63. The number of halogens is 2. The molecule has 0 radical (unpaired) electrons. The lowest BCUT2D eigenvalue weighted by atomic mass is 10.2. The third-order valence-electron chi connectivity index (χ3n) is 2.63. The number of amides is 1. The van der Waals surface area contributed by atoms with Gasteiger partial charge in [-0.15, -0.1) is 0 Å². The molecule has 0 aliphatic heterocycles. The van der Waals surface area contributed by atoms with Gasteiger partial charge < -0.3 is 10.1 Å². The fourth-order valence-electron chi connectivity index (χ4n) is 1.52. The van der Waals surface area contributed by atoms with Gasteiger partial charge in [0, 0.05) is 25.3 Å². The number of rotatable bonds is 8. The number of sulfone groups is 1. The minimum atomic E-state index is -4.63. The first-order valence-corrected chi connectivity index (χ1v) is 7.92. The topological polar surface area (TPSA) is 72.5 Å². The molecule has 1 aromatic rings. The second-order valence-corrected chi connectivity index (χ2v) is 6.05. The summed E-state index contributed by atoms with van der Waals surface area (Å²) in [5, 5.41) is 2.62. The van der Waals surface area contributed by atoms with Crippen molar-refractivity contribution in [2.45, 2.75) is 24.0 Å². The van der Waals surface area contributed by atoms with Gasteiger partial charge in [0.25, 0.3) is 5.91 Å². The summed E-state index contributed by atoms with van der Waals surface area (Å²) in [4.78, 5) is 11.2. The number of ether oxygens (including phenoxy) is 1. The van der Waals surface area contributed by atoms with E-state index in [0.29, 0.717) is 26.2 Å². The predicted molar refractivity (Wildman–Crippen MR) is 73.1 cm³/mol. The molecule has 5 nitrogen and oxygen atoms in total. The van der Waals surface area contributed by atoms with Crippen molar-refractivity contribution in [2.75, 3.05) is 19.8 Å². The minimum absolute atomic E-state index is 0.208. The highest BCUT2D eigenvalue weighted by atomic mass is 32.2. The van der Waals surface area contributed by atoms with Crippen LogP contribution in [0.25, 0.3) is 0 Å². The van der Waals surface area contributed by atoms with Crippen LogP contribution in [0.5, 0.6) is 0 Å². The van der Waals surface area contributed by atoms with Gasteiger partial charge in [0.05, 0.1) is 4.90 Å². The zero-order chi connectivity index (χ0) is 15.9.